The van der Waals surface area contributed by atoms with Crippen molar-refractivity contribution in [1.29, 1.82) is 0 Å². The Morgan fingerprint density at radius 1 is 0.963 bits per heavy atom. The third-order valence-corrected chi connectivity index (χ3v) is 5.18. The molecule has 2 N–H and O–H groups in total. The van der Waals surface area contributed by atoms with E-state index in [4.69, 9.17) is 11.6 Å². The highest BCUT2D eigenvalue weighted by atomic mass is 35.5. The average Bonchev–Trinajstić information content (AvgIpc) is 2.61. The maximum absolute atomic E-state index is 12.2. The molecule has 4 nitrogen and oxygen atoms in total. The number of benzene rings is 2. The summed E-state index contributed by atoms with van der Waals surface area (Å²) in [5.74, 6) is -0.109. The van der Waals surface area contributed by atoms with Gasteiger partial charge in [0.2, 0.25) is 11.8 Å². The molecule has 2 aromatic carbocycles. The van der Waals surface area contributed by atoms with Gasteiger partial charge in [-0.25, -0.2) is 0 Å². The molecule has 0 aromatic heterocycles. The standard InChI is InChI=1S/C21H25ClN2O2S/c1-21(2,3)24-18(25)13-23-19(26)14-27-20(15-7-5-4-6-8-15)16-9-11-17(22)12-10-16/h4-12,20H,13-14H2,1-3H3,(H,23,26)(H,24,25). The fraction of sp³-hybridized carbons (Fsp3) is 0.333. The maximum Gasteiger partial charge on any atom is 0.239 e. The Kier molecular flexibility index (Phi) is 7.75. The van der Waals surface area contributed by atoms with Crippen LogP contribution in [0.15, 0.2) is 54.6 Å². The zero-order valence-electron chi connectivity index (χ0n) is 15.8. The van der Waals surface area contributed by atoms with E-state index in [1.165, 1.54) is 11.8 Å². The predicted molar refractivity (Wildman–Crippen MR) is 113 cm³/mol. The summed E-state index contributed by atoms with van der Waals surface area (Å²) in [6.07, 6.45) is 0. The van der Waals surface area contributed by atoms with E-state index in [0.717, 1.165) is 11.1 Å². The van der Waals surface area contributed by atoms with Crippen LogP contribution < -0.4 is 10.6 Å². The van der Waals surface area contributed by atoms with Gasteiger partial charge in [0.05, 0.1) is 17.5 Å². The molecule has 1 atom stereocenters. The van der Waals surface area contributed by atoms with Crippen LogP contribution in [0, 0.1) is 0 Å². The Balaban J connectivity index is 1.97. The van der Waals surface area contributed by atoms with Crippen molar-refractivity contribution in [2.24, 2.45) is 0 Å². The van der Waals surface area contributed by atoms with Crippen molar-refractivity contribution >= 4 is 35.2 Å². The van der Waals surface area contributed by atoms with Crippen LogP contribution in [-0.2, 0) is 9.59 Å². The molecule has 0 aliphatic heterocycles. The van der Waals surface area contributed by atoms with Crippen LogP contribution in [0.1, 0.15) is 37.1 Å². The van der Waals surface area contributed by atoms with E-state index in [-0.39, 0.29) is 34.9 Å². The van der Waals surface area contributed by atoms with Crippen molar-refractivity contribution in [3.8, 4) is 0 Å². The van der Waals surface area contributed by atoms with Crippen molar-refractivity contribution < 1.29 is 9.59 Å². The molecule has 0 saturated carbocycles. The van der Waals surface area contributed by atoms with E-state index in [1.807, 2.05) is 75.4 Å². The number of hydrogen-bond acceptors (Lipinski definition) is 3. The lowest BCUT2D eigenvalue weighted by Gasteiger charge is -2.21. The number of nitrogens with one attached hydrogen (secondary N) is 2. The van der Waals surface area contributed by atoms with Gasteiger partial charge >= 0.3 is 0 Å². The molecule has 0 heterocycles. The zero-order valence-corrected chi connectivity index (χ0v) is 17.4. The Morgan fingerprint density at radius 3 is 2.15 bits per heavy atom. The Bertz CT molecular complexity index is 758. The molecular weight excluding hydrogens is 380 g/mol. The molecule has 0 spiro atoms. The molecular formula is C21H25ClN2O2S. The first-order chi connectivity index (χ1) is 12.7. The van der Waals surface area contributed by atoms with Gasteiger partial charge in [-0.05, 0) is 44.0 Å². The molecule has 0 fully saturated rings. The second-order valence-electron chi connectivity index (χ2n) is 7.23. The van der Waals surface area contributed by atoms with Crippen LogP contribution in [0.4, 0.5) is 0 Å². The number of hydrogen-bond donors (Lipinski definition) is 2. The third kappa shape index (κ3) is 7.65. The second kappa shape index (κ2) is 9.81. The topological polar surface area (TPSA) is 58.2 Å². The van der Waals surface area contributed by atoms with Gasteiger partial charge in [0.1, 0.15) is 0 Å². The predicted octanol–water partition coefficient (Wildman–Crippen LogP) is 4.19. The summed E-state index contributed by atoms with van der Waals surface area (Å²) < 4.78 is 0. The second-order valence-corrected chi connectivity index (χ2v) is 8.76. The fourth-order valence-electron chi connectivity index (χ4n) is 2.50. The Labute approximate surface area is 170 Å². The SMILES string of the molecule is CC(C)(C)NC(=O)CNC(=O)CSC(c1ccccc1)c1ccc(Cl)cc1. The normalized spacial score (nSPS) is 12.3. The Hall–Kier alpha value is -1.98. The smallest absolute Gasteiger partial charge is 0.239 e. The van der Waals surface area contributed by atoms with E-state index in [2.05, 4.69) is 10.6 Å². The van der Waals surface area contributed by atoms with Crippen LogP contribution in [-0.4, -0.2) is 29.7 Å². The highest BCUT2D eigenvalue weighted by Gasteiger charge is 2.18. The molecule has 0 aliphatic carbocycles. The number of rotatable bonds is 7. The molecule has 0 radical (unpaired) electrons. The lowest BCUT2D eigenvalue weighted by Crippen LogP contribution is -2.46. The summed E-state index contributed by atoms with van der Waals surface area (Å²) in [5, 5.41) is 6.19. The van der Waals surface area contributed by atoms with Crippen LogP contribution in [0.5, 0.6) is 0 Å². The van der Waals surface area contributed by atoms with Gasteiger partial charge in [-0.2, -0.15) is 0 Å². The minimum Gasteiger partial charge on any atom is -0.350 e. The summed E-state index contributed by atoms with van der Waals surface area (Å²) >= 11 is 7.52. The van der Waals surface area contributed by atoms with Crippen LogP contribution >= 0.6 is 23.4 Å². The molecule has 0 aliphatic rings. The summed E-state index contributed by atoms with van der Waals surface area (Å²) in [6, 6.07) is 17.7. The van der Waals surface area contributed by atoms with E-state index in [1.54, 1.807) is 0 Å². The van der Waals surface area contributed by atoms with Gasteiger partial charge in [-0.3, -0.25) is 9.59 Å². The van der Waals surface area contributed by atoms with E-state index < -0.39 is 0 Å². The third-order valence-electron chi connectivity index (χ3n) is 3.62. The first kappa shape index (κ1) is 21.3. The van der Waals surface area contributed by atoms with E-state index in [0.29, 0.717) is 5.02 Å². The monoisotopic (exact) mass is 404 g/mol. The largest absolute Gasteiger partial charge is 0.350 e. The van der Waals surface area contributed by atoms with Gasteiger partial charge in [0.15, 0.2) is 0 Å². The molecule has 2 aromatic rings. The van der Waals surface area contributed by atoms with Gasteiger partial charge in [-0.1, -0.05) is 54.1 Å². The summed E-state index contributed by atoms with van der Waals surface area (Å²) in [7, 11) is 0. The molecule has 0 bridgehead atoms. The molecule has 2 amide bonds. The van der Waals surface area contributed by atoms with E-state index >= 15 is 0 Å². The summed E-state index contributed by atoms with van der Waals surface area (Å²) in [5.41, 5.74) is 1.88. The molecule has 0 saturated heterocycles. The first-order valence-corrected chi connectivity index (χ1v) is 10.2. The average molecular weight is 405 g/mol. The quantitative estimate of drug-likeness (QED) is 0.727. The van der Waals surface area contributed by atoms with Crippen molar-refractivity contribution in [3.63, 3.8) is 0 Å². The number of thioether (sulfide) groups is 1. The number of halogens is 1. The van der Waals surface area contributed by atoms with Crippen molar-refractivity contribution in [2.75, 3.05) is 12.3 Å². The number of carbonyl (C=O) groups is 2. The molecule has 2 rings (SSSR count). The number of carbonyl (C=O) groups excluding carboxylic acids is 2. The maximum atomic E-state index is 12.2. The highest BCUT2D eigenvalue weighted by Crippen LogP contribution is 2.35. The van der Waals surface area contributed by atoms with Gasteiger partial charge in [0.25, 0.3) is 0 Å². The van der Waals surface area contributed by atoms with Gasteiger partial charge in [0, 0.05) is 10.6 Å². The van der Waals surface area contributed by atoms with Gasteiger partial charge < -0.3 is 10.6 Å². The lowest BCUT2D eigenvalue weighted by molar-refractivity contribution is -0.125. The number of amides is 2. The molecule has 144 valence electrons. The molecule has 6 heteroatoms. The van der Waals surface area contributed by atoms with Crippen LogP contribution in [0.3, 0.4) is 0 Å². The molecule has 1 unspecified atom stereocenters. The Morgan fingerprint density at radius 2 is 1.56 bits per heavy atom. The van der Waals surface area contributed by atoms with Crippen LogP contribution in [0.25, 0.3) is 0 Å². The summed E-state index contributed by atoms with van der Waals surface area (Å²) in [4.78, 5) is 24.0. The molecule has 27 heavy (non-hydrogen) atoms. The lowest BCUT2D eigenvalue weighted by atomic mass is 10.0. The van der Waals surface area contributed by atoms with Crippen molar-refractivity contribution in [2.45, 2.75) is 31.6 Å². The van der Waals surface area contributed by atoms with Crippen molar-refractivity contribution in [3.05, 3.63) is 70.7 Å². The first-order valence-electron chi connectivity index (χ1n) is 8.74. The van der Waals surface area contributed by atoms with Gasteiger partial charge in [-0.15, -0.1) is 11.8 Å². The minimum absolute atomic E-state index is 0.0117. The fourth-order valence-corrected chi connectivity index (χ4v) is 3.75. The zero-order chi connectivity index (χ0) is 19.9. The van der Waals surface area contributed by atoms with Crippen LogP contribution in [0.2, 0.25) is 5.02 Å². The highest BCUT2D eigenvalue weighted by molar-refractivity contribution is 8.00. The van der Waals surface area contributed by atoms with E-state index in [9.17, 15) is 9.59 Å². The van der Waals surface area contributed by atoms with Crippen molar-refractivity contribution in [1.82, 2.24) is 10.6 Å². The minimum atomic E-state index is -0.316. The summed E-state index contributed by atoms with van der Waals surface area (Å²) in [6.45, 7) is 5.69.